The first-order valence-corrected chi connectivity index (χ1v) is 7.30. The third-order valence-electron chi connectivity index (χ3n) is 2.48. The van der Waals surface area contributed by atoms with Gasteiger partial charge in [-0.15, -0.1) is 23.4 Å². The van der Waals surface area contributed by atoms with Crippen LogP contribution in [0.3, 0.4) is 0 Å². The highest BCUT2D eigenvalue weighted by Gasteiger charge is 2.04. The summed E-state index contributed by atoms with van der Waals surface area (Å²) < 4.78 is 13.5. The largest absolute Gasteiger partial charge is 0.207 e. The Morgan fingerprint density at radius 3 is 2.44 bits per heavy atom. The smallest absolute Gasteiger partial charge is 0.127 e. The first-order chi connectivity index (χ1) is 8.69. The predicted molar refractivity (Wildman–Crippen MR) is 77.0 cm³/mol. The Bertz CT molecular complexity index is 526. The Morgan fingerprint density at radius 2 is 1.78 bits per heavy atom. The average molecular weight is 301 g/mol. The fourth-order valence-corrected chi connectivity index (χ4v) is 2.73. The minimum atomic E-state index is -0.218. The highest BCUT2D eigenvalue weighted by Crippen LogP contribution is 2.26. The molecule has 0 aromatic heterocycles. The fourth-order valence-electron chi connectivity index (χ4n) is 1.49. The lowest BCUT2D eigenvalue weighted by atomic mass is 10.2. The molecule has 0 bridgehead atoms. The number of rotatable bonds is 4. The van der Waals surface area contributed by atoms with Gasteiger partial charge in [-0.3, -0.25) is 0 Å². The van der Waals surface area contributed by atoms with Crippen LogP contribution in [0.1, 0.15) is 11.1 Å². The van der Waals surface area contributed by atoms with Crippen LogP contribution in [-0.4, -0.2) is 0 Å². The molecule has 0 heterocycles. The zero-order valence-electron chi connectivity index (χ0n) is 9.50. The number of alkyl halides is 1. The van der Waals surface area contributed by atoms with Gasteiger partial charge in [0.15, 0.2) is 0 Å². The zero-order chi connectivity index (χ0) is 13.0. The van der Waals surface area contributed by atoms with Crippen LogP contribution in [0.2, 0.25) is 5.02 Å². The van der Waals surface area contributed by atoms with E-state index in [2.05, 4.69) is 0 Å². The summed E-state index contributed by atoms with van der Waals surface area (Å²) in [6.07, 6.45) is 0. The molecule has 94 valence electrons. The number of halogens is 3. The maximum Gasteiger partial charge on any atom is 0.127 e. The summed E-state index contributed by atoms with van der Waals surface area (Å²) in [6.45, 7) is 0. The molecular weight excluding hydrogens is 290 g/mol. The molecule has 18 heavy (non-hydrogen) atoms. The molecule has 0 amide bonds. The topological polar surface area (TPSA) is 0 Å². The molecule has 0 aliphatic carbocycles. The van der Waals surface area contributed by atoms with Crippen LogP contribution in [-0.2, 0) is 11.6 Å². The van der Waals surface area contributed by atoms with E-state index >= 15 is 0 Å². The number of hydrogen-bond donors (Lipinski definition) is 0. The van der Waals surface area contributed by atoms with Crippen LogP contribution in [0.5, 0.6) is 0 Å². The number of hydrogen-bond acceptors (Lipinski definition) is 1. The van der Waals surface area contributed by atoms with Gasteiger partial charge in [0.25, 0.3) is 0 Å². The third-order valence-corrected chi connectivity index (χ3v) is 4.08. The van der Waals surface area contributed by atoms with Crippen molar-refractivity contribution in [2.75, 3.05) is 0 Å². The molecule has 2 aromatic carbocycles. The van der Waals surface area contributed by atoms with Crippen LogP contribution >= 0.6 is 35.0 Å². The van der Waals surface area contributed by atoms with Crippen LogP contribution in [0.4, 0.5) is 4.39 Å². The van der Waals surface area contributed by atoms with E-state index in [9.17, 15) is 4.39 Å². The van der Waals surface area contributed by atoms with Crippen LogP contribution in [0.25, 0.3) is 0 Å². The molecule has 2 rings (SSSR count). The molecule has 0 aliphatic rings. The second-order valence-electron chi connectivity index (χ2n) is 3.80. The second kappa shape index (κ2) is 6.46. The summed E-state index contributed by atoms with van der Waals surface area (Å²) in [5.41, 5.74) is 1.70. The van der Waals surface area contributed by atoms with Gasteiger partial charge in [-0.05, 0) is 41.5 Å². The van der Waals surface area contributed by atoms with E-state index in [1.54, 1.807) is 23.9 Å². The Balaban J connectivity index is 2.04. The van der Waals surface area contributed by atoms with Crippen molar-refractivity contribution in [2.45, 2.75) is 16.5 Å². The van der Waals surface area contributed by atoms with Crippen molar-refractivity contribution in [3.63, 3.8) is 0 Å². The van der Waals surface area contributed by atoms with E-state index in [1.807, 2.05) is 24.3 Å². The van der Waals surface area contributed by atoms with Gasteiger partial charge in [-0.25, -0.2) is 4.39 Å². The van der Waals surface area contributed by atoms with Gasteiger partial charge < -0.3 is 0 Å². The first kappa shape index (κ1) is 13.7. The molecule has 0 fully saturated rings. The van der Waals surface area contributed by atoms with Crippen molar-refractivity contribution in [1.29, 1.82) is 0 Å². The summed E-state index contributed by atoms with van der Waals surface area (Å²) in [5, 5.41) is 0.560. The molecule has 0 aliphatic heterocycles. The Hall–Kier alpha value is -0.700. The molecule has 0 radical (unpaired) electrons. The molecule has 0 saturated heterocycles. The van der Waals surface area contributed by atoms with E-state index in [1.165, 1.54) is 6.07 Å². The molecule has 0 spiro atoms. The van der Waals surface area contributed by atoms with E-state index in [4.69, 9.17) is 23.2 Å². The van der Waals surface area contributed by atoms with Crippen LogP contribution in [0.15, 0.2) is 47.4 Å². The van der Waals surface area contributed by atoms with E-state index in [0.717, 1.165) is 10.5 Å². The Morgan fingerprint density at radius 1 is 1.06 bits per heavy atom. The van der Waals surface area contributed by atoms with Gasteiger partial charge >= 0.3 is 0 Å². The number of thioether (sulfide) groups is 1. The molecule has 0 nitrogen and oxygen atoms in total. The van der Waals surface area contributed by atoms with Gasteiger partial charge in [0.2, 0.25) is 0 Å². The second-order valence-corrected chi connectivity index (χ2v) is 5.55. The van der Waals surface area contributed by atoms with Crippen molar-refractivity contribution < 1.29 is 4.39 Å². The van der Waals surface area contributed by atoms with Crippen molar-refractivity contribution in [3.8, 4) is 0 Å². The van der Waals surface area contributed by atoms with Crippen LogP contribution < -0.4 is 0 Å². The van der Waals surface area contributed by atoms with Gasteiger partial charge in [0.1, 0.15) is 5.82 Å². The minimum absolute atomic E-state index is 0.218. The Labute approximate surface area is 120 Å². The lowest BCUT2D eigenvalue weighted by Gasteiger charge is -2.05. The number of benzene rings is 2. The molecular formula is C14H11Cl2FS. The van der Waals surface area contributed by atoms with Gasteiger partial charge in [0, 0.05) is 21.6 Å². The SMILES string of the molecule is Fc1ccc(Cl)cc1CSc1ccc(CCl)cc1. The van der Waals surface area contributed by atoms with E-state index < -0.39 is 0 Å². The predicted octanol–water partition coefficient (Wildman–Crippen LogP) is 5.51. The van der Waals surface area contributed by atoms with Crippen molar-refractivity contribution >= 4 is 35.0 Å². The normalized spacial score (nSPS) is 10.6. The molecule has 4 heteroatoms. The maximum absolute atomic E-state index is 13.5. The van der Waals surface area contributed by atoms with Crippen LogP contribution in [0, 0.1) is 5.82 Å². The highest BCUT2D eigenvalue weighted by atomic mass is 35.5. The fraction of sp³-hybridized carbons (Fsp3) is 0.143. The van der Waals surface area contributed by atoms with Gasteiger partial charge in [0.05, 0.1) is 0 Å². The molecule has 0 unspecified atom stereocenters. The summed E-state index contributed by atoms with van der Waals surface area (Å²) >= 11 is 13.1. The van der Waals surface area contributed by atoms with Gasteiger partial charge in [-0.2, -0.15) is 0 Å². The van der Waals surface area contributed by atoms with Crippen molar-refractivity contribution in [3.05, 3.63) is 64.4 Å². The Kier molecular flexibility index (Phi) is 4.93. The molecule has 0 saturated carbocycles. The monoisotopic (exact) mass is 300 g/mol. The standard InChI is InChI=1S/C14H11Cl2FS/c15-8-10-1-4-13(5-2-10)18-9-11-7-12(16)3-6-14(11)17/h1-7H,8-9H2. The van der Waals surface area contributed by atoms with Crippen molar-refractivity contribution in [1.82, 2.24) is 0 Å². The summed E-state index contributed by atoms with van der Waals surface area (Å²) in [7, 11) is 0. The minimum Gasteiger partial charge on any atom is -0.207 e. The third kappa shape index (κ3) is 3.64. The molecule has 0 atom stereocenters. The summed E-state index contributed by atoms with van der Waals surface area (Å²) in [6, 6.07) is 12.6. The zero-order valence-corrected chi connectivity index (χ0v) is 11.8. The van der Waals surface area contributed by atoms with E-state index in [-0.39, 0.29) is 5.82 Å². The average Bonchev–Trinajstić information content (AvgIpc) is 2.40. The first-order valence-electron chi connectivity index (χ1n) is 5.40. The summed E-state index contributed by atoms with van der Waals surface area (Å²) in [4.78, 5) is 1.09. The molecule has 0 N–H and O–H groups in total. The van der Waals surface area contributed by atoms with Gasteiger partial charge in [-0.1, -0.05) is 23.7 Å². The highest BCUT2D eigenvalue weighted by molar-refractivity contribution is 7.98. The van der Waals surface area contributed by atoms with Crippen molar-refractivity contribution in [2.24, 2.45) is 0 Å². The summed E-state index contributed by atoms with van der Waals surface area (Å²) in [5.74, 6) is 0.852. The lowest BCUT2D eigenvalue weighted by molar-refractivity contribution is 0.617. The quantitative estimate of drug-likeness (QED) is 0.530. The van der Waals surface area contributed by atoms with E-state index in [0.29, 0.717) is 22.2 Å². The lowest BCUT2D eigenvalue weighted by Crippen LogP contribution is -1.87. The maximum atomic E-state index is 13.5. The molecule has 2 aromatic rings.